The molecule has 1 aromatic heterocycles. The summed E-state index contributed by atoms with van der Waals surface area (Å²) in [4.78, 5) is 2.33. The largest absolute Gasteiger partial charge is 0.385 e. The third-order valence-electron chi connectivity index (χ3n) is 1.40. The van der Waals surface area contributed by atoms with Gasteiger partial charge in [-0.2, -0.15) is 8.42 Å². The summed E-state index contributed by atoms with van der Waals surface area (Å²) >= 11 is 0. The minimum Gasteiger partial charge on any atom is -0.345 e. The van der Waals surface area contributed by atoms with Gasteiger partial charge in [0.1, 0.15) is 5.03 Å². The summed E-state index contributed by atoms with van der Waals surface area (Å²) in [6.45, 7) is 3.36. The lowest BCUT2D eigenvalue weighted by Gasteiger charge is -1.98. The van der Waals surface area contributed by atoms with Gasteiger partial charge in [0.2, 0.25) is 0 Å². The van der Waals surface area contributed by atoms with Crippen LogP contribution in [-0.4, -0.2) is 21.8 Å². The molecule has 0 bridgehead atoms. The molecule has 0 spiro atoms. The number of aromatic nitrogens is 1. The standard InChI is InChI=1S/C6H7FN2O4S2/c1-2-5-3-4-6(8-5)14(10,11)9-15(7,12)13/h2-4,8-9H,1H2. The fraction of sp³-hybridized carbons (Fsp3) is 0. The van der Waals surface area contributed by atoms with Gasteiger partial charge in [-0.15, -0.1) is 0 Å². The number of nitrogens with one attached hydrogen (secondary N) is 2. The van der Waals surface area contributed by atoms with Crippen molar-refractivity contribution in [3.63, 3.8) is 0 Å². The Bertz CT molecular complexity index is 572. The van der Waals surface area contributed by atoms with Crippen LogP contribution >= 0.6 is 0 Å². The Balaban J connectivity index is 3.12. The normalized spacial score (nSPS) is 12.6. The van der Waals surface area contributed by atoms with E-state index in [0.29, 0.717) is 5.69 Å². The van der Waals surface area contributed by atoms with E-state index in [4.69, 9.17) is 0 Å². The van der Waals surface area contributed by atoms with E-state index in [0.717, 1.165) is 10.2 Å². The molecular weight excluding hydrogens is 247 g/mol. The maximum Gasteiger partial charge on any atom is 0.385 e. The minimum absolute atomic E-state index is 0.367. The van der Waals surface area contributed by atoms with E-state index in [-0.39, 0.29) is 0 Å². The quantitative estimate of drug-likeness (QED) is 0.747. The van der Waals surface area contributed by atoms with Crippen LogP contribution in [-0.2, 0) is 20.4 Å². The lowest BCUT2D eigenvalue weighted by Crippen LogP contribution is -2.27. The molecule has 0 aromatic carbocycles. The Morgan fingerprint density at radius 2 is 1.93 bits per heavy atom. The lowest BCUT2D eigenvalue weighted by molar-refractivity contribution is 0.542. The molecule has 1 aromatic rings. The van der Waals surface area contributed by atoms with E-state index in [1.54, 1.807) is 0 Å². The maximum atomic E-state index is 12.1. The van der Waals surface area contributed by atoms with Crippen molar-refractivity contribution in [1.82, 2.24) is 9.11 Å². The Labute approximate surface area is 86.2 Å². The van der Waals surface area contributed by atoms with Crippen molar-refractivity contribution in [2.75, 3.05) is 0 Å². The van der Waals surface area contributed by atoms with Crippen molar-refractivity contribution >= 4 is 26.5 Å². The Hall–Kier alpha value is -1.19. The first-order valence-corrected chi connectivity index (χ1v) is 6.41. The van der Waals surface area contributed by atoms with E-state index in [2.05, 4.69) is 11.6 Å². The Morgan fingerprint density at radius 1 is 1.33 bits per heavy atom. The van der Waals surface area contributed by atoms with E-state index in [9.17, 15) is 20.7 Å². The number of hydrogen-bond acceptors (Lipinski definition) is 4. The summed E-state index contributed by atoms with van der Waals surface area (Å²) in [6.07, 6.45) is 1.32. The van der Waals surface area contributed by atoms with Crippen LogP contribution < -0.4 is 4.13 Å². The molecule has 0 unspecified atom stereocenters. The molecule has 0 saturated heterocycles. The van der Waals surface area contributed by atoms with Crippen LogP contribution in [0.25, 0.3) is 6.08 Å². The number of halogens is 1. The Morgan fingerprint density at radius 3 is 2.33 bits per heavy atom. The van der Waals surface area contributed by atoms with Gasteiger partial charge in [-0.1, -0.05) is 14.6 Å². The second-order valence-corrected chi connectivity index (χ2v) is 5.50. The second-order valence-electron chi connectivity index (χ2n) is 2.51. The van der Waals surface area contributed by atoms with Crippen LogP contribution in [0.3, 0.4) is 0 Å². The van der Waals surface area contributed by atoms with Gasteiger partial charge in [0.15, 0.2) is 0 Å². The van der Waals surface area contributed by atoms with Crippen LogP contribution in [0, 0.1) is 0 Å². The third kappa shape index (κ3) is 3.15. The molecule has 15 heavy (non-hydrogen) atoms. The average Bonchev–Trinajstić information content (AvgIpc) is 2.47. The number of aromatic amines is 1. The van der Waals surface area contributed by atoms with E-state index in [1.165, 1.54) is 12.1 Å². The molecular formula is C6H7FN2O4S2. The first kappa shape index (κ1) is 11.9. The second kappa shape index (κ2) is 3.76. The van der Waals surface area contributed by atoms with Gasteiger partial charge in [-0.25, -0.2) is 8.42 Å². The molecule has 6 nitrogen and oxygen atoms in total. The molecule has 0 radical (unpaired) electrons. The van der Waals surface area contributed by atoms with E-state index in [1.807, 2.05) is 0 Å². The zero-order valence-electron chi connectivity index (χ0n) is 7.27. The summed E-state index contributed by atoms with van der Waals surface area (Å²) in [6, 6.07) is 2.44. The van der Waals surface area contributed by atoms with Gasteiger partial charge in [-0.3, -0.25) is 0 Å². The highest BCUT2D eigenvalue weighted by molar-refractivity contribution is 8.02. The van der Waals surface area contributed by atoms with Crippen LogP contribution in [0.4, 0.5) is 3.89 Å². The number of rotatable bonds is 4. The fourth-order valence-electron chi connectivity index (χ4n) is 0.843. The molecule has 2 N–H and O–H groups in total. The van der Waals surface area contributed by atoms with Crippen molar-refractivity contribution in [1.29, 1.82) is 0 Å². The summed E-state index contributed by atoms with van der Waals surface area (Å²) in [7, 11) is -9.73. The molecule has 9 heteroatoms. The van der Waals surface area contributed by atoms with Crippen molar-refractivity contribution < 1.29 is 20.7 Å². The monoisotopic (exact) mass is 254 g/mol. The smallest absolute Gasteiger partial charge is 0.345 e. The van der Waals surface area contributed by atoms with Crippen molar-refractivity contribution in [2.24, 2.45) is 0 Å². The average molecular weight is 254 g/mol. The zero-order valence-corrected chi connectivity index (χ0v) is 8.90. The van der Waals surface area contributed by atoms with Crippen LogP contribution in [0.2, 0.25) is 0 Å². The van der Waals surface area contributed by atoms with E-state index >= 15 is 0 Å². The number of sulfonamides is 1. The first-order chi connectivity index (χ1) is 6.74. The number of hydrogen-bond donors (Lipinski definition) is 2. The molecule has 0 atom stereocenters. The fourth-order valence-corrected chi connectivity index (χ4v) is 2.75. The molecule has 0 fully saturated rings. The van der Waals surface area contributed by atoms with Gasteiger partial charge >= 0.3 is 10.4 Å². The van der Waals surface area contributed by atoms with Gasteiger partial charge < -0.3 is 4.98 Å². The lowest BCUT2D eigenvalue weighted by atomic mass is 10.4. The predicted molar refractivity (Wildman–Crippen MR) is 51.2 cm³/mol. The molecule has 1 heterocycles. The topological polar surface area (TPSA) is 96.1 Å². The van der Waals surface area contributed by atoms with Crippen molar-refractivity contribution in [3.05, 3.63) is 24.4 Å². The SMILES string of the molecule is C=Cc1ccc(S(=O)(=O)NS(=O)(=O)F)[nH]1. The molecule has 0 aliphatic rings. The summed E-state index contributed by atoms with van der Waals surface area (Å²) in [5.74, 6) is 0. The van der Waals surface area contributed by atoms with Crippen LogP contribution in [0.15, 0.2) is 23.7 Å². The van der Waals surface area contributed by atoms with Crippen LogP contribution in [0.1, 0.15) is 5.69 Å². The molecule has 0 saturated carbocycles. The van der Waals surface area contributed by atoms with Gasteiger partial charge in [-0.05, 0) is 18.2 Å². The van der Waals surface area contributed by atoms with Gasteiger partial charge in [0.05, 0.1) is 0 Å². The highest BCUT2D eigenvalue weighted by Crippen LogP contribution is 2.10. The summed E-state index contributed by atoms with van der Waals surface area (Å²) in [5, 5.41) is -0.460. The van der Waals surface area contributed by atoms with Crippen LogP contribution in [0.5, 0.6) is 0 Å². The highest BCUT2D eigenvalue weighted by Gasteiger charge is 2.23. The number of H-pyrrole nitrogens is 1. The molecule has 0 aliphatic heterocycles. The highest BCUT2D eigenvalue weighted by atomic mass is 32.3. The Kier molecular flexibility index (Phi) is 2.98. The molecule has 0 amide bonds. The summed E-state index contributed by atoms with van der Waals surface area (Å²) < 4.78 is 55.5. The van der Waals surface area contributed by atoms with Gasteiger partial charge in [0, 0.05) is 5.69 Å². The molecule has 84 valence electrons. The summed E-state index contributed by atoms with van der Waals surface area (Å²) in [5.41, 5.74) is 0.367. The predicted octanol–water partition coefficient (Wildman–Crippen LogP) is 0.150. The maximum absolute atomic E-state index is 12.1. The van der Waals surface area contributed by atoms with Gasteiger partial charge in [0.25, 0.3) is 10.0 Å². The van der Waals surface area contributed by atoms with Crippen molar-refractivity contribution in [3.8, 4) is 0 Å². The molecule has 0 aliphatic carbocycles. The zero-order chi connectivity index (χ0) is 11.7. The minimum atomic E-state index is -5.31. The molecule has 1 rings (SSSR count). The first-order valence-electron chi connectivity index (χ1n) is 3.54. The third-order valence-corrected chi connectivity index (χ3v) is 3.89. The van der Waals surface area contributed by atoms with E-state index < -0.39 is 25.5 Å². The van der Waals surface area contributed by atoms with Crippen molar-refractivity contribution in [2.45, 2.75) is 5.03 Å².